The molecule has 2 nitrogen and oxygen atoms in total. The number of nitrogens with zero attached hydrogens (tertiary/aromatic N) is 1. The highest BCUT2D eigenvalue weighted by molar-refractivity contribution is 5.34. The van der Waals surface area contributed by atoms with E-state index in [0.29, 0.717) is 0 Å². The summed E-state index contributed by atoms with van der Waals surface area (Å²) in [4.78, 5) is 0. The third-order valence-electron chi connectivity index (χ3n) is 2.11. The Balaban J connectivity index is 2.90. The van der Waals surface area contributed by atoms with Crippen LogP contribution in [0, 0.1) is 35.3 Å². The fourth-order valence-corrected chi connectivity index (χ4v) is 1.15. The third kappa shape index (κ3) is 2.79. The number of hydrogen-bond donors (Lipinski definition) is 1. The lowest BCUT2D eigenvalue weighted by Gasteiger charge is -2.09. The Bertz CT molecular complexity index is 446. The molecule has 0 heterocycles. The van der Waals surface area contributed by atoms with Crippen LogP contribution in [0.4, 0.5) is 8.78 Å². The molecule has 16 heavy (non-hydrogen) atoms. The number of benzene rings is 1. The van der Waals surface area contributed by atoms with Crippen molar-refractivity contribution in [3.05, 3.63) is 34.9 Å². The van der Waals surface area contributed by atoms with E-state index in [4.69, 9.17) is 11.7 Å². The van der Waals surface area contributed by atoms with Gasteiger partial charge in [0.25, 0.3) is 0 Å². The molecular weight excluding hydrogens is 210 g/mol. The first-order valence-electron chi connectivity index (χ1n) is 4.66. The molecule has 0 saturated carbocycles. The van der Waals surface area contributed by atoms with Crippen molar-refractivity contribution < 1.29 is 8.78 Å². The predicted molar refractivity (Wildman–Crippen MR) is 56.2 cm³/mol. The van der Waals surface area contributed by atoms with E-state index in [-0.39, 0.29) is 23.7 Å². The van der Waals surface area contributed by atoms with E-state index < -0.39 is 11.6 Å². The van der Waals surface area contributed by atoms with Gasteiger partial charge in [0.15, 0.2) is 0 Å². The standard InChI is InChI=1S/C12H10F2N2/c1-3-8(2)16-7-10-11(13)4-9(6-15)5-12(10)14/h1,4-5,8,16H,7H2,2H3. The van der Waals surface area contributed by atoms with Gasteiger partial charge >= 0.3 is 0 Å². The molecule has 0 bridgehead atoms. The van der Waals surface area contributed by atoms with E-state index in [2.05, 4.69) is 11.2 Å². The summed E-state index contributed by atoms with van der Waals surface area (Å²) in [5.41, 5.74) is -0.148. The molecule has 1 aromatic rings. The van der Waals surface area contributed by atoms with Crippen LogP contribution >= 0.6 is 0 Å². The molecule has 0 aliphatic heterocycles. The van der Waals surface area contributed by atoms with Gasteiger partial charge in [-0.1, -0.05) is 5.92 Å². The zero-order valence-corrected chi connectivity index (χ0v) is 8.72. The van der Waals surface area contributed by atoms with Crippen LogP contribution in [-0.2, 0) is 6.54 Å². The Morgan fingerprint density at radius 1 is 1.44 bits per heavy atom. The van der Waals surface area contributed by atoms with Gasteiger partial charge in [-0.2, -0.15) is 5.26 Å². The zero-order chi connectivity index (χ0) is 12.1. The van der Waals surface area contributed by atoms with Crippen molar-refractivity contribution in [2.24, 2.45) is 0 Å². The van der Waals surface area contributed by atoms with Crippen molar-refractivity contribution in [1.82, 2.24) is 5.32 Å². The lowest BCUT2D eigenvalue weighted by atomic mass is 10.1. The second kappa shape index (κ2) is 5.25. The van der Waals surface area contributed by atoms with Crippen molar-refractivity contribution in [1.29, 1.82) is 5.26 Å². The second-order valence-corrected chi connectivity index (χ2v) is 3.30. The fraction of sp³-hybridized carbons (Fsp3) is 0.250. The fourth-order valence-electron chi connectivity index (χ4n) is 1.15. The van der Waals surface area contributed by atoms with Gasteiger partial charge in [0.05, 0.1) is 17.7 Å². The van der Waals surface area contributed by atoms with E-state index in [1.807, 2.05) is 0 Å². The smallest absolute Gasteiger partial charge is 0.131 e. The first kappa shape index (κ1) is 12.2. The molecule has 1 atom stereocenters. The van der Waals surface area contributed by atoms with Crippen molar-refractivity contribution >= 4 is 0 Å². The summed E-state index contributed by atoms with van der Waals surface area (Å²) in [7, 11) is 0. The summed E-state index contributed by atoms with van der Waals surface area (Å²) in [5.74, 6) is 0.904. The number of halogens is 2. The molecule has 1 N–H and O–H groups in total. The molecule has 4 heteroatoms. The molecule has 1 unspecified atom stereocenters. The largest absolute Gasteiger partial charge is 0.300 e. The predicted octanol–water partition coefficient (Wildman–Crippen LogP) is 1.95. The SMILES string of the molecule is C#CC(C)NCc1c(F)cc(C#N)cc1F. The normalized spacial score (nSPS) is 11.6. The number of rotatable bonds is 3. The van der Waals surface area contributed by atoms with Crippen LogP contribution in [0.25, 0.3) is 0 Å². The minimum atomic E-state index is -0.742. The Morgan fingerprint density at radius 3 is 2.44 bits per heavy atom. The average molecular weight is 220 g/mol. The second-order valence-electron chi connectivity index (χ2n) is 3.30. The third-order valence-corrected chi connectivity index (χ3v) is 2.11. The Kier molecular flexibility index (Phi) is 3.99. The summed E-state index contributed by atoms with van der Waals surface area (Å²) in [6, 6.07) is 3.41. The Morgan fingerprint density at radius 2 is 2.00 bits per heavy atom. The van der Waals surface area contributed by atoms with Gasteiger partial charge in [0, 0.05) is 12.1 Å². The van der Waals surface area contributed by atoms with Crippen LogP contribution in [-0.4, -0.2) is 6.04 Å². The number of nitrogens with one attached hydrogen (secondary N) is 1. The van der Waals surface area contributed by atoms with Crippen molar-refractivity contribution in [3.63, 3.8) is 0 Å². The van der Waals surface area contributed by atoms with E-state index >= 15 is 0 Å². The van der Waals surface area contributed by atoms with Crippen molar-refractivity contribution in [2.45, 2.75) is 19.5 Å². The lowest BCUT2D eigenvalue weighted by molar-refractivity contribution is 0.528. The monoisotopic (exact) mass is 220 g/mol. The van der Waals surface area contributed by atoms with Crippen LogP contribution in [0.3, 0.4) is 0 Å². The molecule has 0 aliphatic rings. The number of nitriles is 1. The maximum Gasteiger partial charge on any atom is 0.131 e. The first-order chi connectivity index (χ1) is 7.58. The van der Waals surface area contributed by atoms with Gasteiger partial charge in [0.1, 0.15) is 11.6 Å². The molecule has 0 spiro atoms. The molecule has 1 aromatic carbocycles. The molecule has 0 amide bonds. The minimum Gasteiger partial charge on any atom is -0.300 e. The average Bonchev–Trinajstić information content (AvgIpc) is 2.27. The van der Waals surface area contributed by atoms with Crippen molar-refractivity contribution in [3.8, 4) is 18.4 Å². The highest BCUT2D eigenvalue weighted by Gasteiger charge is 2.11. The van der Waals surface area contributed by atoms with Gasteiger partial charge in [-0.05, 0) is 19.1 Å². The van der Waals surface area contributed by atoms with Crippen molar-refractivity contribution in [2.75, 3.05) is 0 Å². The molecular formula is C12H10F2N2. The first-order valence-corrected chi connectivity index (χ1v) is 4.66. The molecule has 0 aliphatic carbocycles. The number of terminal acetylenes is 1. The van der Waals surface area contributed by atoms with Crippen LogP contribution in [0.5, 0.6) is 0 Å². The van der Waals surface area contributed by atoms with Gasteiger partial charge < -0.3 is 0 Å². The maximum absolute atomic E-state index is 13.4. The van der Waals surface area contributed by atoms with E-state index in [9.17, 15) is 8.78 Å². The Labute approximate surface area is 92.9 Å². The van der Waals surface area contributed by atoms with Crippen LogP contribution in [0.1, 0.15) is 18.1 Å². The van der Waals surface area contributed by atoms with Gasteiger partial charge in [-0.15, -0.1) is 6.42 Å². The summed E-state index contributed by atoms with van der Waals surface area (Å²) in [5, 5.41) is 11.3. The van der Waals surface area contributed by atoms with E-state index in [1.165, 1.54) is 0 Å². The van der Waals surface area contributed by atoms with Crippen LogP contribution in [0.2, 0.25) is 0 Å². The summed E-state index contributed by atoms with van der Waals surface area (Å²) >= 11 is 0. The summed E-state index contributed by atoms with van der Waals surface area (Å²) in [6.45, 7) is 1.70. The van der Waals surface area contributed by atoms with Crippen LogP contribution in [0.15, 0.2) is 12.1 Å². The van der Waals surface area contributed by atoms with E-state index in [1.54, 1.807) is 13.0 Å². The topological polar surface area (TPSA) is 35.8 Å². The maximum atomic E-state index is 13.4. The molecule has 0 aromatic heterocycles. The van der Waals surface area contributed by atoms with Gasteiger partial charge in [-0.3, -0.25) is 5.32 Å². The summed E-state index contributed by atoms with van der Waals surface area (Å²) in [6.07, 6.45) is 5.11. The van der Waals surface area contributed by atoms with Gasteiger partial charge in [-0.25, -0.2) is 8.78 Å². The molecule has 1 rings (SSSR count). The number of hydrogen-bond acceptors (Lipinski definition) is 2. The zero-order valence-electron chi connectivity index (χ0n) is 8.72. The van der Waals surface area contributed by atoms with Gasteiger partial charge in [0.2, 0.25) is 0 Å². The highest BCUT2D eigenvalue weighted by atomic mass is 19.1. The molecule has 0 saturated heterocycles. The Hall–Kier alpha value is -1.91. The van der Waals surface area contributed by atoms with E-state index in [0.717, 1.165) is 12.1 Å². The molecule has 82 valence electrons. The quantitative estimate of drug-likeness (QED) is 0.790. The highest BCUT2D eigenvalue weighted by Crippen LogP contribution is 2.14. The molecule has 0 radical (unpaired) electrons. The molecule has 0 fully saturated rings. The minimum absolute atomic E-state index is 0.00522. The summed E-state index contributed by atoms with van der Waals surface area (Å²) < 4.78 is 26.7. The lowest BCUT2D eigenvalue weighted by Crippen LogP contribution is -2.24. The van der Waals surface area contributed by atoms with Crippen LogP contribution < -0.4 is 5.32 Å².